The zero-order chi connectivity index (χ0) is 17.5. The fourth-order valence-electron chi connectivity index (χ4n) is 3.96. The van der Waals surface area contributed by atoms with Gasteiger partial charge in [-0.15, -0.1) is 0 Å². The molecule has 1 N–H and O–H groups in total. The number of ether oxygens (including phenoxy) is 1. The molecule has 25 heavy (non-hydrogen) atoms. The van der Waals surface area contributed by atoms with Crippen LogP contribution >= 0.6 is 0 Å². The van der Waals surface area contributed by atoms with Crippen molar-refractivity contribution in [1.29, 1.82) is 0 Å². The largest absolute Gasteiger partial charge is 0.494 e. The van der Waals surface area contributed by atoms with Crippen LogP contribution in [0.5, 0.6) is 5.75 Å². The van der Waals surface area contributed by atoms with Crippen LogP contribution in [0.3, 0.4) is 0 Å². The summed E-state index contributed by atoms with van der Waals surface area (Å²) in [5, 5.41) is 4.15. The SMILES string of the molecule is CCCCOc1ccc(/C=N/NC(=O)C2C3CCCCCCC32)cc1. The number of rotatable bonds is 7. The summed E-state index contributed by atoms with van der Waals surface area (Å²) in [6.45, 7) is 2.90. The van der Waals surface area contributed by atoms with Crippen molar-refractivity contribution in [2.45, 2.75) is 58.3 Å². The van der Waals surface area contributed by atoms with Gasteiger partial charge in [-0.2, -0.15) is 5.10 Å². The summed E-state index contributed by atoms with van der Waals surface area (Å²) < 4.78 is 5.64. The van der Waals surface area contributed by atoms with Crippen LogP contribution in [0.25, 0.3) is 0 Å². The van der Waals surface area contributed by atoms with Crippen LogP contribution in [0.15, 0.2) is 29.4 Å². The van der Waals surface area contributed by atoms with E-state index >= 15 is 0 Å². The fourth-order valence-corrected chi connectivity index (χ4v) is 3.96. The molecule has 2 atom stereocenters. The Balaban J connectivity index is 1.44. The maximum Gasteiger partial charge on any atom is 0.243 e. The van der Waals surface area contributed by atoms with Gasteiger partial charge >= 0.3 is 0 Å². The predicted octanol–water partition coefficient (Wildman–Crippen LogP) is 4.53. The quantitative estimate of drug-likeness (QED) is 0.449. The number of carbonyl (C=O) groups excluding carboxylic acids is 1. The van der Waals surface area contributed by atoms with Gasteiger partial charge in [0.2, 0.25) is 5.91 Å². The van der Waals surface area contributed by atoms with Gasteiger partial charge in [-0.25, -0.2) is 5.43 Å². The number of nitrogens with one attached hydrogen (secondary N) is 1. The Morgan fingerprint density at radius 3 is 2.48 bits per heavy atom. The highest BCUT2D eigenvalue weighted by Gasteiger charge is 2.53. The first-order valence-corrected chi connectivity index (χ1v) is 9.85. The molecule has 3 rings (SSSR count). The summed E-state index contributed by atoms with van der Waals surface area (Å²) in [7, 11) is 0. The molecular formula is C21H30N2O2. The van der Waals surface area contributed by atoms with Crippen LogP contribution in [-0.4, -0.2) is 18.7 Å². The Labute approximate surface area is 151 Å². The van der Waals surface area contributed by atoms with E-state index in [0.717, 1.165) is 30.8 Å². The van der Waals surface area contributed by atoms with E-state index in [-0.39, 0.29) is 11.8 Å². The second kappa shape index (κ2) is 9.02. The Morgan fingerprint density at radius 1 is 1.16 bits per heavy atom. The number of benzene rings is 1. The van der Waals surface area contributed by atoms with E-state index in [4.69, 9.17) is 4.74 Å². The summed E-state index contributed by atoms with van der Waals surface area (Å²) in [6.07, 6.45) is 11.5. The standard InChI is InChI=1S/C21H30N2O2/c1-2-3-14-25-17-12-10-16(11-13-17)15-22-23-21(24)20-18-8-6-4-5-7-9-19(18)20/h10-13,15,18-20H,2-9,14H2,1H3,(H,23,24)/b22-15+. The Bertz CT molecular complexity index is 568. The lowest BCUT2D eigenvalue weighted by Crippen LogP contribution is -2.21. The molecule has 4 nitrogen and oxygen atoms in total. The molecule has 0 aliphatic heterocycles. The van der Waals surface area contributed by atoms with E-state index in [0.29, 0.717) is 11.8 Å². The lowest BCUT2D eigenvalue weighted by Gasteiger charge is -2.04. The van der Waals surface area contributed by atoms with E-state index in [1.807, 2.05) is 24.3 Å². The topological polar surface area (TPSA) is 50.7 Å². The molecule has 0 spiro atoms. The zero-order valence-electron chi connectivity index (χ0n) is 15.2. The molecule has 136 valence electrons. The van der Waals surface area contributed by atoms with Crippen LogP contribution in [0, 0.1) is 17.8 Å². The van der Waals surface area contributed by atoms with E-state index in [1.54, 1.807) is 6.21 Å². The minimum Gasteiger partial charge on any atom is -0.494 e. The molecule has 1 aromatic carbocycles. The second-order valence-corrected chi connectivity index (χ2v) is 7.35. The van der Waals surface area contributed by atoms with Gasteiger partial charge in [-0.1, -0.05) is 39.0 Å². The summed E-state index contributed by atoms with van der Waals surface area (Å²) >= 11 is 0. The summed E-state index contributed by atoms with van der Waals surface area (Å²) in [5.41, 5.74) is 3.71. The molecule has 1 amide bonds. The Hall–Kier alpha value is -1.84. The first-order valence-electron chi connectivity index (χ1n) is 9.85. The van der Waals surface area contributed by atoms with Crippen LogP contribution in [0.4, 0.5) is 0 Å². The van der Waals surface area contributed by atoms with Crippen molar-refractivity contribution in [2.75, 3.05) is 6.61 Å². The number of carbonyl (C=O) groups is 1. The highest BCUT2D eigenvalue weighted by Crippen LogP contribution is 2.53. The number of hydrazone groups is 1. The lowest BCUT2D eigenvalue weighted by molar-refractivity contribution is -0.122. The molecular weight excluding hydrogens is 312 g/mol. The van der Waals surface area contributed by atoms with Crippen molar-refractivity contribution in [3.63, 3.8) is 0 Å². The van der Waals surface area contributed by atoms with Gasteiger partial charge in [0.1, 0.15) is 5.75 Å². The number of fused-ring (bicyclic) bond motifs is 1. The maximum absolute atomic E-state index is 12.3. The monoisotopic (exact) mass is 342 g/mol. The molecule has 2 aliphatic carbocycles. The fraction of sp³-hybridized carbons (Fsp3) is 0.619. The minimum absolute atomic E-state index is 0.104. The number of amides is 1. The molecule has 0 heterocycles. The number of hydrogen-bond acceptors (Lipinski definition) is 3. The molecule has 0 aromatic heterocycles. The van der Waals surface area contributed by atoms with Gasteiger partial charge in [-0.05, 0) is 60.9 Å². The lowest BCUT2D eigenvalue weighted by atomic mass is 10.0. The van der Waals surface area contributed by atoms with E-state index in [1.165, 1.54) is 38.5 Å². The molecule has 1 aromatic rings. The number of nitrogens with zero attached hydrogens (tertiary/aromatic N) is 1. The zero-order valence-corrected chi connectivity index (χ0v) is 15.2. The molecule has 0 saturated heterocycles. The van der Waals surface area contributed by atoms with E-state index in [2.05, 4.69) is 17.5 Å². The van der Waals surface area contributed by atoms with Crippen molar-refractivity contribution in [3.05, 3.63) is 29.8 Å². The summed E-state index contributed by atoms with van der Waals surface area (Å²) in [4.78, 5) is 12.3. The van der Waals surface area contributed by atoms with E-state index < -0.39 is 0 Å². The molecule has 2 unspecified atom stereocenters. The third kappa shape index (κ3) is 5.07. The molecule has 0 bridgehead atoms. The summed E-state index contributed by atoms with van der Waals surface area (Å²) in [5.74, 6) is 2.39. The van der Waals surface area contributed by atoms with Crippen molar-refractivity contribution >= 4 is 12.1 Å². The Kier molecular flexibility index (Phi) is 6.48. The van der Waals surface area contributed by atoms with Crippen molar-refractivity contribution in [3.8, 4) is 5.75 Å². The third-order valence-corrected chi connectivity index (χ3v) is 5.49. The molecule has 2 aliphatic rings. The normalized spacial score (nSPS) is 25.7. The maximum atomic E-state index is 12.3. The first kappa shape index (κ1) is 18.0. The molecule has 0 radical (unpaired) electrons. The van der Waals surface area contributed by atoms with Gasteiger partial charge < -0.3 is 4.74 Å². The smallest absolute Gasteiger partial charge is 0.243 e. The predicted molar refractivity (Wildman–Crippen MR) is 101 cm³/mol. The Morgan fingerprint density at radius 2 is 1.84 bits per heavy atom. The number of hydrogen-bond donors (Lipinski definition) is 1. The van der Waals surface area contributed by atoms with Crippen LogP contribution in [0.1, 0.15) is 63.9 Å². The van der Waals surface area contributed by atoms with Crippen molar-refractivity contribution in [2.24, 2.45) is 22.9 Å². The second-order valence-electron chi connectivity index (χ2n) is 7.35. The van der Waals surface area contributed by atoms with Gasteiger partial charge in [0.15, 0.2) is 0 Å². The average Bonchev–Trinajstić information content (AvgIpc) is 3.27. The van der Waals surface area contributed by atoms with Gasteiger partial charge in [0.25, 0.3) is 0 Å². The van der Waals surface area contributed by atoms with Crippen molar-refractivity contribution < 1.29 is 9.53 Å². The molecule has 2 fully saturated rings. The summed E-state index contributed by atoms with van der Waals surface area (Å²) in [6, 6.07) is 7.81. The first-order chi connectivity index (χ1) is 12.3. The molecule has 4 heteroatoms. The van der Waals surface area contributed by atoms with Crippen LogP contribution < -0.4 is 10.2 Å². The minimum atomic E-state index is 0.104. The third-order valence-electron chi connectivity index (χ3n) is 5.49. The molecule has 2 saturated carbocycles. The average molecular weight is 342 g/mol. The van der Waals surface area contributed by atoms with Crippen molar-refractivity contribution in [1.82, 2.24) is 5.43 Å². The van der Waals surface area contributed by atoms with Gasteiger partial charge in [0.05, 0.1) is 12.8 Å². The van der Waals surface area contributed by atoms with E-state index in [9.17, 15) is 4.79 Å². The highest BCUT2D eigenvalue weighted by atomic mass is 16.5. The van der Waals surface area contributed by atoms with Crippen LogP contribution in [-0.2, 0) is 4.79 Å². The highest BCUT2D eigenvalue weighted by molar-refractivity contribution is 5.85. The van der Waals surface area contributed by atoms with Gasteiger partial charge in [0, 0.05) is 5.92 Å². The van der Waals surface area contributed by atoms with Gasteiger partial charge in [-0.3, -0.25) is 4.79 Å². The number of unbranched alkanes of at least 4 members (excludes halogenated alkanes) is 1. The van der Waals surface area contributed by atoms with Crippen LogP contribution in [0.2, 0.25) is 0 Å².